The fourth-order valence-electron chi connectivity index (χ4n) is 2.38. The molecule has 0 aromatic rings. The van der Waals surface area contributed by atoms with E-state index >= 15 is 0 Å². The van der Waals surface area contributed by atoms with Crippen LogP contribution < -0.4 is 5.32 Å². The van der Waals surface area contributed by atoms with Crippen molar-refractivity contribution in [3.05, 3.63) is 11.6 Å². The molecule has 0 bridgehead atoms. The van der Waals surface area contributed by atoms with E-state index in [-0.39, 0.29) is 5.57 Å². The molecule has 21 heavy (non-hydrogen) atoms. The van der Waals surface area contributed by atoms with Crippen LogP contribution in [0.4, 0.5) is 13.2 Å². The van der Waals surface area contributed by atoms with Gasteiger partial charge < -0.3 is 10.2 Å². The highest BCUT2D eigenvalue weighted by molar-refractivity contribution is 6.03. The van der Waals surface area contributed by atoms with Gasteiger partial charge in [0.1, 0.15) is 11.8 Å². The number of hydrogen-bond acceptors (Lipinski definition) is 4. The van der Waals surface area contributed by atoms with E-state index in [4.69, 9.17) is 5.26 Å². The molecule has 1 saturated heterocycles. The van der Waals surface area contributed by atoms with Crippen molar-refractivity contribution in [2.45, 2.75) is 19.1 Å². The number of nitriles is 1. The van der Waals surface area contributed by atoms with E-state index in [9.17, 15) is 18.0 Å². The normalized spacial score (nSPS) is 26.7. The number of hydrogen-bond donors (Lipinski definition) is 1. The zero-order valence-electron chi connectivity index (χ0n) is 11.4. The summed E-state index contributed by atoms with van der Waals surface area (Å²) < 4.78 is 38.5. The molecule has 0 radical (unpaired) electrons. The molecule has 114 valence electrons. The van der Waals surface area contributed by atoms with Gasteiger partial charge in [0.15, 0.2) is 0 Å². The molecule has 0 saturated carbocycles. The van der Waals surface area contributed by atoms with Crippen LogP contribution in [0, 0.1) is 17.2 Å². The van der Waals surface area contributed by atoms with Crippen LogP contribution in [0.15, 0.2) is 16.6 Å². The highest BCUT2D eigenvalue weighted by Crippen LogP contribution is 2.29. The summed E-state index contributed by atoms with van der Waals surface area (Å²) in [5, 5.41) is 12.0. The maximum Gasteiger partial charge on any atom is 0.432 e. The zero-order chi connectivity index (χ0) is 15.6. The molecular weight excluding hydrogens is 285 g/mol. The van der Waals surface area contributed by atoms with Gasteiger partial charge in [-0.25, -0.2) is 0 Å². The van der Waals surface area contributed by atoms with Gasteiger partial charge >= 0.3 is 6.18 Å². The Hall–Kier alpha value is -1.88. The van der Waals surface area contributed by atoms with Crippen LogP contribution in [0.3, 0.4) is 0 Å². The van der Waals surface area contributed by atoms with Gasteiger partial charge in [-0.1, -0.05) is 6.92 Å². The SMILES string of the molecule is CC1C(C#N)=CC(C(F)(F)F)=NC1C(=O)N1CCNCC1. The number of piperazine rings is 1. The number of amides is 1. The third-order valence-corrected chi connectivity index (χ3v) is 3.64. The lowest BCUT2D eigenvalue weighted by Gasteiger charge is -2.33. The van der Waals surface area contributed by atoms with Gasteiger partial charge in [0, 0.05) is 37.7 Å². The van der Waals surface area contributed by atoms with E-state index in [0.29, 0.717) is 26.2 Å². The molecule has 2 unspecified atom stereocenters. The predicted octanol–water partition coefficient (Wildman–Crippen LogP) is 0.890. The molecule has 8 heteroatoms. The fraction of sp³-hybridized carbons (Fsp3) is 0.615. The van der Waals surface area contributed by atoms with Crippen LogP contribution >= 0.6 is 0 Å². The Morgan fingerprint density at radius 1 is 1.48 bits per heavy atom. The number of carbonyl (C=O) groups is 1. The molecule has 2 aliphatic heterocycles. The topological polar surface area (TPSA) is 68.5 Å². The van der Waals surface area contributed by atoms with E-state index in [2.05, 4.69) is 10.3 Å². The van der Waals surface area contributed by atoms with Crippen LogP contribution in [0.25, 0.3) is 0 Å². The standard InChI is InChI=1S/C13H15F3N4O/c1-8-9(7-17)6-10(13(14,15)16)19-11(8)12(21)20-4-2-18-3-5-20/h6,8,11,18H,2-5H2,1H3. The maximum absolute atomic E-state index is 12.8. The summed E-state index contributed by atoms with van der Waals surface area (Å²) in [5.74, 6) is -1.10. The number of alkyl halides is 3. The third-order valence-electron chi connectivity index (χ3n) is 3.64. The van der Waals surface area contributed by atoms with Gasteiger partial charge in [0.05, 0.1) is 6.07 Å². The summed E-state index contributed by atoms with van der Waals surface area (Å²) >= 11 is 0. The first-order valence-corrected chi connectivity index (χ1v) is 6.61. The number of nitrogens with zero attached hydrogens (tertiary/aromatic N) is 3. The Morgan fingerprint density at radius 3 is 2.62 bits per heavy atom. The molecule has 1 amide bonds. The number of allylic oxidation sites excluding steroid dienone is 1. The smallest absolute Gasteiger partial charge is 0.338 e. The highest BCUT2D eigenvalue weighted by Gasteiger charge is 2.42. The molecule has 2 atom stereocenters. The number of dihydropyridines is 1. The molecule has 0 aliphatic carbocycles. The number of halogens is 3. The maximum atomic E-state index is 12.8. The number of nitrogens with one attached hydrogen (secondary N) is 1. The predicted molar refractivity (Wildman–Crippen MR) is 69.6 cm³/mol. The minimum absolute atomic E-state index is 0.0641. The first kappa shape index (κ1) is 15.5. The number of carbonyl (C=O) groups excluding carboxylic acids is 1. The molecule has 2 rings (SSSR count). The fourth-order valence-corrected chi connectivity index (χ4v) is 2.38. The number of rotatable bonds is 1. The Balaban J connectivity index is 2.29. The summed E-state index contributed by atoms with van der Waals surface area (Å²) in [7, 11) is 0. The average Bonchev–Trinajstić information content (AvgIpc) is 2.46. The summed E-state index contributed by atoms with van der Waals surface area (Å²) in [4.78, 5) is 17.4. The van der Waals surface area contributed by atoms with Crippen LogP contribution in [-0.2, 0) is 4.79 Å². The van der Waals surface area contributed by atoms with Gasteiger partial charge in [-0.3, -0.25) is 9.79 Å². The van der Waals surface area contributed by atoms with Gasteiger partial charge in [-0.2, -0.15) is 18.4 Å². The highest BCUT2D eigenvalue weighted by atomic mass is 19.4. The molecular formula is C13H15F3N4O. The van der Waals surface area contributed by atoms with E-state index < -0.39 is 29.8 Å². The second-order valence-electron chi connectivity index (χ2n) is 5.03. The van der Waals surface area contributed by atoms with Crippen molar-refractivity contribution in [1.29, 1.82) is 5.26 Å². The molecule has 1 fully saturated rings. The van der Waals surface area contributed by atoms with Gasteiger partial charge in [0.25, 0.3) is 0 Å². The van der Waals surface area contributed by atoms with Crippen molar-refractivity contribution in [1.82, 2.24) is 10.2 Å². The van der Waals surface area contributed by atoms with Crippen molar-refractivity contribution in [3.8, 4) is 6.07 Å². The first-order valence-electron chi connectivity index (χ1n) is 6.61. The summed E-state index contributed by atoms with van der Waals surface area (Å²) in [6, 6.07) is 0.560. The quantitative estimate of drug-likeness (QED) is 0.782. The molecule has 2 heterocycles. The van der Waals surface area contributed by atoms with Crippen LogP contribution in [0.2, 0.25) is 0 Å². The third kappa shape index (κ3) is 3.24. The van der Waals surface area contributed by atoms with Crippen LogP contribution in [-0.4, -0.2) is 54.9 Å². The van der Waals surface area contributed by atoms with E-state index in [1.807, 2.05) is 0 Å². The minimum Gasteiger partial charge on any atom is -0.338 e. The second kappa shape index (κ2) is 5.85. The summed E-state index contributed by atoms with van der Waals surface area (Å²) in [6.45, 7) is 3.62. The van der Waals surface area contributed by atoms with E-state index in [1.165, 1.54) is 4.90 Å². The second-order valence-corrected chi connectivity index (χ2v) is 5.03. The first-order chi connectivity index (χ1) is 9.84. The van der Waals surface area contributed by atoms with Crippen LogP contribution in [0.5, 0.6) is 0 Å². The monoisotopic (exact) mass is 300 g/mol. The molecule has 2 aliphatic rings. The van der Waals surface area contributed by atoms with Gasteiger partial charge in [-0.05, 0) is 6.08 Å². The Morgan fingerprint density at radius 2 is 2.10 bits per heavy atom. The van der Waals surface area contributed by atoms with Crippen molar-refractivity contribution >= 4 is 11.6 Å². The number of aliphatic imine (C=N–C) groups is 1. The van der Waals surface area contributed by atoms with Crippen molar-refractivity contribution in [2.24, 2.45) is 10.9 Å². The van der Waals surface area contributed by atoms with E-state index in [1.54, 1.807) is 13.0 Å². The van der Waals surface area contributed by atoms with Crippen molar-refractivity contribution < 1.29 is 18.0 Å². The lowest BCUT2D eigenvalue weighted by molar-refractivity contribution is -0.133. The Kier molecular flexibility index (Phi) is 4.32. The molecule has 0 spiro atoms. The summed E-state index contributed by atoms with van der Waals surface area (Å²) in [6.07, 6.45) is -3.93. The van der Waals surface area contributed by atoms with Gasteiger partial charge in [-0.15, -0.1) is 0 Å². The lowest BCUT2D eigenvalue weighted by atomic mass is 9.89. The zero-order valence-corrected chi connectivity index (χ0v) is 11.4. The van der Waals surface area contributed by atoms with Gasteiger partial charge in [0.2, 0.25) is 5.91 Å². The lowest BCUT2D eigenvalue weighted by Crippen LogP contribution is -2.51. The minimum atomic E-state index is -4.66. The van der Waals surface area contributed by atoms with E-state index in [0.717, 1.165) is 6.08 Å². The average molecular weight is 300 g/mol. The Bertz CT molecular complexity index is 527. The van der Waals surface area contributed by atoms with Crippen molar-refractivity contribution in [3.63, 3.8) is 0 Å². The molecule has 1 N–H and O–H groups in total. The largest absolute Gasteiger partial charge is 0.432 e. The Labute approximate surface area is 120 Å². The molecule has 5 nitrogen and oxygen atoms in total. The van der Waals surface area contributed by atoms with Crippen molar-refractivity contribution in [2.75, 3.05) is 26.2 Å². The molecule has 0 aromatic heterocycles. The summed E-state index contributed by atoms with van der Waals surface area (Å²) in [5.41, 5.74) is -1.23. The van der Waals surface area contributed by atoms with Crippen LogP contribution in [0.1, 0.15) is 6.92 Å². The molecule has 0 aromatic carbocycles.